The molecule has 0 aliphatic carbocycles. The molecule has 0 saturated carbocycles. The molecule has 0 fully saturated rings. The molecule has 0 spiro atoms. The van der Waals surface area contributed by atoms with Gasteiger partial charge in [0, 0.05) is 24.2 Å². The Morgan fingerprint density at radius 3 is 2.71 bits per heavy atom. The highest BCUT2D eigenvalue weighted by Crippen LogP contribution is 2.24. The number of carbonyl (C=O) groups excluding carboxylic acids is 1. The molecule has 3 rings (SSSR count). The Hall–Kier alpha value is -2.44. The molecule has 1 unspecified atom stereocenters. The van der Waals surface area contributed by atoms with Gasteiger partial charge in [-0.25, -0.2) is 0 Å². The van der Waals surface area contributed by atoms with Crippen molar-refractivity contribution in [1.29, 1.82) is 0 Å². The Morgan fingerprint density at radius 2 is 2.04 bits per heavy atom. The van der Waals surface area contributed by atoms with Crippen molar-refractivity contribution in [3.8, 4) is 10.6 Å². The van der Waals surface area contributed by atoms with E-state index in [1.807, 2.05) is 47.8 Å². The van der Waals surface area contributed by atoms with Gasteiger partial charge in [-0.3, -0.25) is 4.79 Å². The summed E-state index contributed by atoms with van der Waals surface area (Å²) in [6.45, 7) is 1.64. The van der Waals surface area contributed by atoms with Crippen LogP contribution < -0.4 is 10.2 Å². The third-order valence-corrected chi connectivity index (χ3v) is 4.64. The lowest BCUT2D eigenvalue weighted by atomic mass is 10.1. The van der Waals surface area contributed by atoms with Gasteiger partial charge in [0.05, 0.1) is 11.9 Å². The molecule has 3 aromatic rings. The van der Waals surface area contributed by atoms with Crippen molar-refractivity contribution in [3.63, 3.8) is 0 Å². The van der Waals surface area contributed by atoms with Crippen molar-refractivity contribution in [2.45, 2.75) is 13.1 Å². The van der Waals surface area contributed by atoms with Crippen LogP contribution in [0.25, 0.3) is 10.6 Å². The van der Waals surface area contributed by atoms with Gasteiger partial charge in [0.1, 0.15) is 18.8 Å². The third-order valence-electron chi connectivity index (χ3n) is 3.75. The number of carbonyl (C=O) groups is 1. The van der Waals surface area contributed by atoms with E-state index < -0.39 is 0 Å². The molecule has 2 heterocycles. The molecule has 2 N–H and O–H groups in total. The lowest BCUT2D eigenvalue weighted by Crippen LogP contribution is -3.06. The molecule has 0 saturated heterocycles. The van der Waals surface area contributed by atoms with Gasteiger partial charge in [0.2, 0.25) is 0 Å². The quantitative estimate of drug-likeness (QED) is 0.720. The van der Waals surface area contributed by atoms with Gasteiger partial charge in [0.25, 0.3) is 5.91 Å². The average molecular weight is 342 g/mol. The summed E-state index contributed by atoms with van der Waals surface area (Å²) in [6.07, 6.45) is 0. The van der Waals surface area contributed by atoms with E-state index in [-0.39, 0.29) is 5.91 Å². The van der Waals surface area contributed by atoms with E-state index >= 15 is 0 Å². The molecule has 1 aromatic carbocycles. The Balaban J connectivity index is 1.59. The number of nitrogens with one attached hydrogen (secondary N) is 2. The summed E-state index contributed by atoms with van der Waals surface area (Å²) in [5.74, 6) is 0.758. The molecular weight excluding hydrogens is 322 g/mol. The topological polar surface area (TPSA) is 59.6 Å². The number of hydrogen-bond acceptors (Lipinski definition) is 4. The fourth-order valence-corrected chi connectivity index (χ4v) is 3.24. The lowest BCUT2D eigenvalue weighted by Gasteiger charge is -2.12. The maximum absolute atomic E-state index is 11.6. The zero-order valence-corrected chi connectivity index (χ0v) is 14.5. The molecule has 0 bridgehead atoms. The first-order chi connectivity index (χ1) is 11.7. The Bertz CT molecular complexity index is 794. The van der Waals surface area contributed by atoms with Gasteiger partial charge >= 0.3 is 0 Å². The van der Waals surface area contributed by atoms with Crippen molar-refractivity contribution in [2.24, 2.45) is 0 Å². The molecule has 1 atom stereocenters. The number of hydrogen-bond donors (Lipinski definition) is 2. The highest BCUT2D eigenvalue weighted by Gasteiger charge is 2.12. The highest BCUT2D eigenvalue weighted by atomic mass is 32.1. The summed E-state index contributed by atoms with van der Waals surface area (Å²) in [5, 5.41) is 8.81. The van der Waals surface area contributed by atoms with Crippen LogP contribution in [-0.4, -0.2) is 25.2 Å². The SMILES string of the molecule is CNC(=O)c1ccc(C[NH+](C)Cc2cc(-c3cccs3)on2)cc1. The number of quaternary nitrogens is 1. The zero-order valence-electron chi connectivity index (χ0n) is 13.7. The molecule has 2 aromatic heterocycles. The first-order valence-electron chi connectivity index (χ1n) is 7.77. The van der Waals surface area contributed by atoms with Crippen molar-refractivity contribution < 1.29 is 14.2 Å². The van der Waals surface area contributed by atoms with Crippen LogP contribution in [0.3, 0.4) is 0 Å². The van der Waals surface area contributed by atoms with Gasteiger partial charge in [-0.1, -0.05) is 23.4 Å². The minimum absolute atomic E-state index is 0.0639. The van der Waals surface area contributed by atoms with E-state index in [0.717, 1.165) is 29.4 Å². The van der Waals surface area contributed by atoms with Gasteiger partial charge in [-0.15, -0.1) is 11.3 Å². The fourth-order valence-electron chi connectivity index (χ4n) is 2.57. The van der Waals surface area contributed by atoms with Crippen LogP contribution in [0, 0.1) is 0 Å². The van der Waals surface area contributed by atoms with Crippen LogP contribution in [-0.2, 0) is 13.1 Å². The molecule has 0 aliphatic rings. The van der Waals surface area contributed by atoms with E-state index in [4.69, 9.17) is 4.52 Å². The molecular formula is C18H20N3O2S+. The van der Waals surface area contributed by atoms with E-state index in [9.17, 15) is 4.79 Å². The fraction of sp³-hybridized carbons (Fsp3) is 0.222. The Labute approximate surface area is 144 Å². The van der Waals surface area contributed by atoms with Crippen LogP contribution in [0.4, 0.5) is 0 Å². The second-order valence-corrected chi connectivity index (χ2v) is 6.69. The number of rotatable bonds is 6. The normalized spacial score (nSPS) is 12.1. The third kappa shape index (κ3) is 3.90. The number of aromatic nitrogens is 1. The lowest BCUT2D eigenvalue weighted by molar-refractivity contribution is -0.908. The molecule has 6 heteroatoms. The summed E-state index contributed by atoms with van der Waals surface area (Å²) in [6, 6.07) is 13.7. The summed E-state index contributed by atoms with van der Waals surface area (Å²) in [7, 11) is 3.75. The summed E-state index contributed by atoms with van der Waals surface area (Å²) in [4.78, 5) is 13.9. The van der Waals surface area contributed by atoms with Gasteiger partial charge < -0.3 is 14.7 Å². The second-order valence-electron chi connectivity index (χ2n) is 5.75. The van der Waals surface area contributed by atoms with Crippen LogP contribution in [0.2, 0.25) is 0 Å². The van der Waals surface area contributed by atoms with Crippen LogP contribution in [0.1, 0.15) is 21.6 Å². The van der Waals surface area contributed by atoms with Crippen molar-refractivity contribution in [3.05, 3.63) is 64.7 Å². The summed E-state index contributed by atoms with van der Waals surface area (Å²) < 4.78 is 5.42. The maximum atomic E-state index is 11.6. The van der Waals surface area contributed by atoms with Crippen LogP contribution in [0.15, 0.2) is 52.4 Å². The van der Waals surface area contributed by atoms with Crippen molar-refractivity contribution >= 4 is 17.2 Å². The number of amides is 1. The van der Waals surface area contributed by atoms with E-state index in [2.05, 4.69) is 17.5 Å². The number of thiophene rings is 1. The monoisotopic (exact) mass is 342 g/mol. The number of nitrogens with zero attached hydrogens (tertiary/aromatic N) is 1. The summed E-state index contributed by atoms with van der Waals surface area (Å²) >= 11 is 1.64. The largest absolute Gasteiger partial charge is 0.355 e. The van der Waals surface area contributed by atoms with Crippen LogP contribution in [0.5, 0.6) is 0 Å². The zero-order chi connectivity index (χ0) is 16.9. The van der Waals surface area contributed by atoms with E-state index in [0.29, 0.717) is 5.56 Å². The minimum atomic E-state index is -0.0639. The molecule has 1 amide bonds. The molecule has 5 nitrogen and oxygen atoms in total. The van der Waals surface area contributed by atoms with E-state index in [1.165, 1.54) is 10.5 Å². The first kappa shape index (κ1) is 16.4. The van der Waals surface area contributed by atoms with Gasteiger partial charge in [-0.2, -0.15) is 0 Å². The average Bonchev–Trinajstić information content (AvgIpc) is 3.26. The highest BCUT2D eigenvalue weighted by molar-refractivity contribution is 7.13. The van der Waals surface area contributed by atoms with E-state index in [1.54, 1.807) is 18.4 Å². The predicted octanol–water partition coefficient (Wildman–Crippen LogP) is 1.98. The van der Waals surface area contributed by atoms with Crippen LogP contribution >= 0.6 is 11.3 Å². The predicted molar refractivity (Wildman–Crippen MR) is 93.9 cm³/mol. The minimum Gasteiger partial charge on any atom is -0.355 e. The molecule has 24 heavy (non-hydrogen) atoms. The molecule has 0 aliphatic heterocycles. The van der Waals surface area contributed by atoms with Gasteiger partial charge in [0.15, 0.2) is 5.76 Å². The standard InChI is InChI=1S/C18H19N3O2S/c1-19-18(22)14-7-5-13(6-8-14)11-21(2)12-15-10-16(23-20-15)17-4-3-9-24-17/h3-10H,11-12H2,1-2H3,(H,19,22)/p+1. The first-order valence-corrected chi connectivity index (χ1v) is 8.65. The van der Waals surface area contributed by atoms with Crippen molar-refractivity contribution in [1.82, 2.24) is 10.5 Å². The summed E-state index contributed by atoms with van der Waals surface area (Å²) in [5.41, 5.74) is 2.80. The molecule has 124 valence electrons. The maximum Gasteiger partial charge on any atom is 0.251 e. The Morgan fingerprint density at radius 1 is 1.25 bits per heavy atom. The second kappa shape index (κ2) is 7.42. The molecule has 0 radical (unpaired) electrons. The Kier molecular flexibility index (Phi) is 5.08. The smallest absolute Gasteiger partial charge is 0.251 e. The van der Waals surface area contributed by atoms with Gasteiger partial charge in [-0.05, 0) is 23.6 Å². The van der Waals surface area contributed by atoms with Crippen molar-refractivity contribution in [2.75, 3.05) is 14.1 Å². The number of benzene rings is 1.